The van der Waals surface area contributed by atoms with Gasteiger partial charge in [0.05, 0.1) is 0 Å². The molecule has 2 aromatic rings. The van der Waals surface area contributed by atoms with Crippen LogP contribution in [0.5, 0.6) is 0 Å². The van der Waals surface area contributed by atoms with Crippen molar-refractivity contribution < 1.29 is 0 Å². The van der Waals surface area contributed by atoms with Gasteiger partial charge >= 0.3 is 0 Å². The van der Waals surface area contributed by atoms with Gasteiger partial charge < -0.3 is 10.3 Å². The molecular formula is C12H10N2OS. The summed E-state index contributed by atoms with van der Waals surface area (Å²) < 4.78 is 0. The number of benzene rings is 1. The maximum Gasteiger partial charge on any atom is 0.247 e. The third-order valence-electron chi connectivity index (χ3n) is 2.53. The lowest BCUT2D eigenvalue weighted by molar-refractivity contribution is 1.08. The Morgan fingerprint density at radius 3 is 2.75 bits per heavy atom. The molecule has 1 unspecified atom stereocenters. The second-order valence-electron chi connectivity index (χ2n) is 3.62. The van der Waals surface area contributed by atoms with Gasteiger partial charge in [-0.05, 0) is 18.2 Å². The van der Waals surface area contributed by atoms with E-state index in [1.54, 1.807) is 24.0 Å². The van der Waals surface area contributed by atoms with Crippen molar-refractivity contribution in [3.63, 3.8) is 0 Å². The van der Waals surface area contributed by atoms with E-state index in [2.05, 4.69) is 22.4 Å². The van der Waals surface area contributed by atoms with E-state index in [9.17, 15) is 4.79 Å². The zero-order valence-electron chi connectivity index (χ0n) is 8.44. The Kier molecular flexibility index (Phi) is 2.22. The van der Waals surface area contributed by atoms with Crippen LogP contribution in [0.3, 0.4) is 0 Å². The summed E-state index contributed by atoms with van der Waals surface area (Å²) in [6, 6.07) is 11.6. The summed E-state index contributed by atoms with van der Waals surface area (Å²) in [7, 11) is 0. The molecule has 2 heterocycles. The molecular weight excluding hydrogens is 220 g/mol. The smallest absolute Gasteiger partial charge is 0.247 e. The van der Waals surface area contributed by atoms with Gasteiger partial charge in [-0.25, -0.2) is 0 Å². The first-order valence-corrected chi connectivity index (χ1v) is 5.92. The van der Waals surface area contributed by atoms with Gasteiger partial charge in [-0.1, -0.05) is 23.9 Å². The molecule has 2 N–H and O–H groups in total. The Bertz CT molecular complexity index is 534. The molecule has 0 bridgehead atoms. The summed E-state index contributed by atoms with van der Waals surface area (Å²) >= 11 is 1.76. The third kappa shape index (κ3) is 1.61. The number of aromatic amines is 1. The molecule has 4 heteroatoms. The molecule has 1 atom stereocenters. The lowest BCUT2D eigenvalue weighted by Gasteiger charge is -2.09. The van der Waals surface area contributed by atoms with Crippen LogP contribution >= 0.6 is 11.8 Å². The summed E-state index contributed by atoms with van der Waals surface area (Å²) in [6.45, 7) is 0. The number of para-hydroxylation sites is 1. The topological polar surface area (TPSA) is 44.9 Å². The van der Waals surface area contributed by atoms with Gasteiger partial charge in [0, 0.05) is 28.4 Å². The average Bonchev–Trinajstić information content (AvgIpc) is 2.73. The minimum Gasteiger partial charge on any atom is -0.368 e. The van der Waals surface area contributed by atoms with Crippen LogP contribution in [0.1, 0.15) is 10.9 Å². The Hall–Kier alpha value is -1.68. The fourth-order valence-electron chi connectivity index (χ4n) is 1.72. The van der Waals surface area contributed by atoms with Crippen LogP contribution in [-0.2, 0) is 0 Å². The van der Waals surface area contributed by atoms with Crippen molar-refractivity contribution in [1.29, 1.82) is 0 Å². The Labute approximate surface area is 96.9 Å². The molecule has 1 aliphatic heterocycles. The first kappa shape index (κ1) is 9.54. The molecule has 0 radical (unpaired) electrons. The van der Waals surface area contributed by atoms with Crippen molar-refractivity contribution in [2.24, 2.45) is 0 Å². The number of thioether (sulfide) groups is 1. The van der Waals surface area contributed by atoms with Gasteiger partial charge in [-0.3, -0.25) is 4.79 Å². The fourth-order valence-corrected chi connectivity index (χ4v) is 2.86. The van der Waals surface area contributed by atoms with Crippen molar-refractivity contribution in [2.75, 3.05) is 5.32 Å². The summed E-state index contributed by atoms with van der Waals surface area (Å²) in [6.07, 6.45) is 1.76. The lowest BCUT2D eigenvalue weighted by Crippen LogP contribution is -2.07. The Morgan fingerprint density at radius 2 is 2.00 bits per heavy atom. The van der Waals surface area contributed by atoms with E-state index in [1.165, 1.54) is 4.90 Å². The maximum absolute atomic E-state index is 11.0. The van der Waals surface area contributed by atoms with Crippen LogP contribution in [0, 0.1) is 0 Å². The molecule has 1 aromatic heterocycles. The first-order chi connectivity index (χ1) is 7.83. The average molecular weight is 230 g/mol. The second kappa shape index (κ2) is 3.72. The van der Waals surface area contributed by atoms with Gasteiger partial charge in [-0.15, -0.1) is 0 Å². The van der Waals surface area contributed by atoms with E-state index in [4.69, 9.17) is 0 Å². The zero-order chi connectivity index (χ0) is 11.0. The minimum atomic E-state index is -0.0655. The van der Waals surface area contributed by atoms with Gasteiger partial charge in [0.1, 0.15) is 5.37 Å². The number of fused-ring (bicyclic) bond motifs is 1. The van der Waals surface area contributed by atoms with E-state index < -0.39 is 0 Å². The number of H-pyrrole nitrogens is 1. The normalized spacial score (nSPS) is 17.9. The zero-order valence-corrected chi connectivity index (χ0v) is 9.25. The van der Waals surface area contributed by atoms with Crippen LogP contribution in [0.4, 0.5) is 5.69 Å². The minimum absolute atomic E-state index is 0.0655. The number of hydrogen-bond donors (Lipinski definition) is 2. The highest BCUT2D eigenvalue weighted by molar-refractivity contribution is 8.00. The summed E-state index contributed by atoms with van der Waals surface area (Å²) in [5.41, 5.74) is 2.17. The highest BCUT2D eigenvalue weighted by Crippen LogP contribution is 2.45. The van der Waals surface area contributed by atoms with Gasteiger partial charge in [0.25, 0.3) is 0 Å². The molecule has 0 fully saturated rings. The van der Waals surface area contributed by atoms with Crippen molar-refractivity contribution in [2.45, 2.75) is 10.3 Å². The second-order valence-corrected chi connectivity index (χ2v) is 4.77. The number of aromatic nitrogens is 1. The van der Waals surface area contributed by atoms with Crippen LogP contribution in [0.25, 0.3) is 0 Å². The van der Waals surface area contributed by atoms with E-state index in [1.807, 2.05) is 18.2 Å². The summed E-state index contributed by atoms with van der Waals surface area (Å²) in [5.74, 6) is 0. The summed E-state index contributed by atoms with van der Waals surface area (Å²) in [5, 5.41) is 3.60. The Morgan fingerprint density at radius 1 is 1.12 bits per heavy atom. The third-order valence-corrected chi connectivity index (χ3v) is 3.77. The van der Waals surface area contributed by atoms with Gasteiger partial charge in [-0.2, -0.15) is 0 Å². The molecule has 0 saturated carbocycles. The molecule has 3 nitrogen and oxygen atoms in total. The van der Waals surface area contributed by atoms with E-state index in [0.717, 1.165) is 11.3 Å². The standard InChI is InChI=1S/C12H10N2OS/c15-11-6-5-8(7-13-11)12-14-9-3-1-2-4-10(9)16-12/h1-7,12,14H,(H,13,15). The maximum atomic E-state index is 11.0. The van der Waals surface area contributed by atoms with Crippen molar-refractivity contribution >= 4 is 17.4 Å². The van der Waals surface area contributed by atoms with Crippen molar-refractivity contribution in [3.05, 3.63) is 58.5 Å². The number of hydrogen-bond acceptors (Lipinski definition) is 3. The predicted molar refractivity (Wildman–Crippen MR) is 65.7 cm³/mol. The molecule has 0 aliphatic carbocycles. The number of nitrogens with one attached hydrogen (secondary N) is 2. The van der Waals surface area contributed by atoms with E-state index >= 15 is 0 Å². The number of anilines is 1. The molecule has 80 valence electrons. The van der Waals surface area contributed by atoms with Crippen LogP contribution in [-0.4, -0.2) is 4.98 Å². The lowest BCUT2D eigenvalue weighted by atomic mass is 10.2. The Balaban J connectivity index is 1.91. The fraction of sp³-hybridized carbons (Fsp3) is 0.0833. The van der Waals surface area contributed by atoms with Crippen molar-refractivity contribution in [3.8, 4) is 0 Å². The quantitative estimate of drug-likeness (QED) is 0.791. The van der Waals surface area contributed by atoms with E-state index in [0.29, 0.717) is 0 Å². The predicted octanol–water partition coefficient (Wildman–Crippen LogP) is 2.59. The van der Waals surface area contributed by atoms with Crippen LogP contribution < -0.4 is 10.9 Å². The molecule has 0 saturated heterocycles. The number of pyridine rings is 1. The molecule has 1 aliphatic rings. The highest BCUT2D eigenvalue weighted by Gasteiger charge is 2.21. The summed E-state index contributed by atoms with van der Waals surface area (Å²) in [4.78, 5) is 14.9. The SMILES string of the molecule is O=c1ccc(C2Nc3ccccc3S2)c[nH]1. The van der Waals surface area contributed by atoms with Crippen LogP contribution in [0.15, 0.2) is 52.3 Å². The molecule has 1 aromatic carbocycles. The molecule has 0 amide bonds. The monoisotopic (exact) mass is 230 g/mol. The van der Waals surface area contributed by atoms with Gasteiger partial charge in [0.15, 0.2) is 0 Å². The van der Waals surface area contributed by atoms with Crippen LogP contribution in [0.2, 0.25) is 0 Å². The number of rotatable bonds is 1. The first-order valence-electron chi connectivity index (χ1n) is 5.04. The molecule has 3 rings (SSSR count). The van der Waals surface area contributed by atoms with Crippen molar-refractivity contribution in [1.82, 2.24) is 4.98 Å². The molecule has 16 heavy (non-hydrogen) atoms. The highest BCUT2D eigenvalue weighted by atomic mass is 32.2. The van der Waals surface area contributed by atoms with E-state index in [-0.39, 0.29) is 10.9 Å². The molecule has 0 spiro atoms. The largest absolute Gasteiger partial charge is 0.368 e. The van der Waals surface area contributed by atoms with Gasteiger partial charge in [0.2, 0.25) is 5.56 Å².